The van der Waals surface area contributed by atoms with Crippen molar-refractivity contribution in [2.75, 3.05) is 7.11 Å². The van der Waals surface area contributed by atoms with Crippen molar-refractivity contribution in [1.82, 2.24) is 0 Å². The van der Waals surface area contributed by atoms with Crippen molar-refractivity contribution in [1.29, 1.82) is 0 Å². The van der Waals surface area contributed by atoms with Gasteiger partial charge in [0.25, 0.3) is 0 Å². The van der Waals surface area contributed by atoms with Crippen LogP contribution in [0.2, 0.25) is 0 Å². The molecule has 2 aromatic carbocycles. The van der Waals surface area contributed by atoms with Gasteiger partial charge in [0.05, 0.1) is 7.11 Å². The summed E-state index contributed by atoms with van der Waals surface area (Å²) >= 11 is 0. The highest BCUT2D eigenvalue weighted by Gasteiger charge is 2.15. The van der Waals surface area contributed by atoms with E-state index in [1.165, 1.54) is 7.11 Å². The van der Waals surface area contributed by atoms with E-state index in [2.05, 4.69) is 0 Å². The molecular formula is C17H16O4. The molecule has 108 valence electrons. The molecule has 0 atom stereocenters. The number of aryl methyl sites for hydroxylation is 1. The first-order valence-electron chi connectivity index (χ1n) is 6.62. The number of esters is 1. The standard InChI is InChI=1S/C17H16O4/c1-20-16-12-13(6-5-11-18)9-10-15(16)17(19)21-14-7-3-2-4-8-14/h2-4,7-12H,5-6H2,1H3. The van der Waals surface area contributed by atoms with Gasteiger partial charge in [-0.25, -0.2) is 4.79 Å². The maximum absolute atomic E-state index is 12.2. The molecule has 0 bridgehead atoms. The van der Waals surface area contributed by atoms with E-state index in [1.807, 2.05) is 6.07 Å². The van der Waals surface area contributed by atoms with Gasteiger partial charge in [-0.1, -0.05) is 24.3 Å². The van der Waals surface area contributed by atoms with E-state index < -0.39 is 5.97 Å². The average Bonchev–Trinajstić information content (AvgIpc) is 2.53. The zero-order valence-corrected chi connectivity index (χ0v) is 11.7. The van der Waals surface area contributed by atoms with Crippen LogP contribution in [0.1, 0.15) is 22.3 Å². The van der Waals surface area contributed by atoms with Gasteiger partial charge in [-0.15, -0.1) is 0 Å². The van der Waals surface area contributed by atoms with Crippen LogP contribution < -0.4 is 9.47 Å². The highest BCUT2D eigenvalue weighted by Crippen LogP contribution is 2.23. The Balaban J connectivity index is 2.18. The normalized spacial score (nSPS) is 9.95. The summed E-state index contributed by atoms with van der Waals surface area (Å²) < 4.78 is 10.5. The van der Waals surface area contributed by atoms with Crippen LogP contribution in [-0.2, 0) is 11.2 Å². The number of ether oxygens (including phenoxy) is 2. The molecule has 0 fully saturated rings. The summed E-state index contributed by atoms with van der Waals surface area (Å²) in [6.45, 7) is 0. The highest BCUT2D eigenvalue weighted by atomic mass is 16.5. The van der Waals surface area contributed by atoms with Crippen molar-refractivity contribution in [3.63, 3.8) is 0 Å². The molecule has 2 rings (SSSR count). The van der Waals surface area contributed by atoms with E-state index in [4.69, 9.17) is 9.47 Å². The SMILES string of the molecule is COc1cc(CCC=O)ccc1C(=O)Oc1ccccc1. The van der Waals surface area contributed by atoms with Crippen LogP contribution in [0.3, 0.4) is 0 Å². The lowest BCUT2D eigenvalue weighted by atomic mass is 10.1. The molecule has 0 aliphatic heterocycles. The molecule has 0 heterocycles. The minimum absolute atomic E-state index is 0.358. The van der Waals surface area contributed by atoms with E-state index in [-0.39, 0.29) is 0 Å². The number of para-hydroxylation sites is 1. The van der Waals surface area contributed by atoms with Crippen molar-refractivity contribution in [2.45, 2.75) is 12.8 Å². The molecule has 0 saturated carbocycles. The summed E-state index contributed by atoms with van der Waals surface area (Å²) in [6, 6.07) is 14.1. The Morgan fingerprint density at radius 3 is 2.57 bits per heavy atom. The average molecular weight is 284 g/mol. The Hall–Kier alpha value is -2.62. The molecule has 0 aliphatic carbocycles. The highest BCUT2D eigenvalue weighted by molar-refractivity contribution is 5.94. The number of aldehydes is 1. The molecule has 0 N–H and O–H groups in total. The molecule has 0 amide bonds. The van der Waals surface area contributed by atoms with Gasteiger partial charge in [-0.05, 0) is 36.2 Å². The van der Waals surface area contributed by atoms with Gasteiger partial charge in [0.2, 0.25) is 0 Å². The first kappa shape index (κ1) is 14.8. The van der Waals surface area contributed by atoms with Crippen molar-refractivity contribution >= 4 is 12.3 Å². The van der Waals surface area contributed by atoms with Crippen LogP contribution in [-0.4, -0.2) is 19.4 Å². The molecule has 0 aromatic heterocycles. The lowest BCUT2D eigenvalue weighted by Crippen LogP contribution is -2.10. The molecule has 21 heavy (non-hydrogen) atoms. The van der Waals surface area contributed by atoms with Gasteiger partial charge < -0.3 is 14.3 Å². The molecule has 4 heteroatoms. The van der Waals surface area contributed by atoms with Crippen molar-refractivity contribution in [3.05, 3.63) is 59.7 Å². The first-order chi connectivity index (χ1) is 10.2. The molecule has 0 radical (unpaired) electrons. The smallest absolute Gasteiger partial charge is 0.347 e. The van der Waals surface area contributed by atoms with Crippen LogP contribution in [0.25, 0.3) is 0 Å². The maximum atomic E-state index is 12.2. The van der Waals surface area contributed by atoms with Gasteiger partial charge in [0.1, 0.15) is 23.3 Å². The van der Waals surface area contributed by atoms with E-state index in [0.717, 1.165) is 11.8 Å². The topological polar surface area (TPSA) is 52.6 Å². The predicted molar refractivity (Wildman–Crippen MR) is 78.8 cm³/mol. The third-order valence-electron chi connectivity index (χ3n) is 2.99. The molecule has 0 spiro atoms. The van der Waals surface area contributed by atoms with Gasteiger partial charge in [-0.3, -0.25) is 0 Å². The third-order valence-corrected chi connectivity index (χ3v) is 2.99. The van der Waals surface area contributed by atoms with E-state index in [0.29, 0.717) is 29.9 Å². The number of hydrogen-bond acceptors (Lipinski definition) is 4. The van der Waals surface area contributed by atoms with Gasteiger partial charge in [0, 0.05) is 6.42 Å². The molecule has 0 aliphatic rings. The first-order valence-corrected chi connectivity index (χ1v) is 6.62. The van der Waals surface area contributed by atoms with Crippen LogP contribution in [0.4, 0.5) is 0 Å². The summed E-state index contributed by atoms with van der Waals surface area (Å²) in [5.74, 6) is 0.453. The van der Waals surface area contributed by atoms with Crippen LogP contribution in [0, 0.1) is 0 Å². The minimum atomic E-state index is -0.472. The van der Waals surface area contributed by atoms with Crippen LogP contribution in [0.5, 0.6) is 11.5 Å². The summed E-state index contributed by atoms with van der Waals surface area (Å²) in [5.41, 5.74) is 1.30. The van der Waals surface area contributed by atoms with Gasteiger partial charge >= 0.3 is 5.97 Å². The Bertz CT molecular complexity index is 620. The molecule has 0 unspecified atom stereocenters. The predicted octanol–water partition coefficient (Wildman–Crippen LogP) is 3.05. The number of rotatable bonds is 6. The second-order valence-corrected chi connectivity index (χ2v) is 4.44. The van der Waals surface area contributed by atoms with Crippen molar-refractivity contribution in [3.8, 4) is 11.5 Å². The quantitative estimate of drug-likeness (QED) is 0.465. The lowest BCUT2D eigenvalue weighted by Gasteiger charge is -2.10. The Morgan fingerprint density at radius 1 is 1.14 bits per heavy atom. The number of benzene rings is 2. The minimum Gasteiger partial charge on any atom is -0.496 e. The molecule has 4 nitrogen and oxygen atoms in total. The van der Waals surface area contributed by atoms with Crippen LogP contribution >= 0.6 is 0 Å². The molecule has 2 aromatic rings. The second-order valence-electron chi connectivity index (χ2n) is 4.44. The maximum Gasteiger partial charge on any atom is 0.347 e. The van der Waals surface area contributed by atoms with Crippen molar-refractivity contribution < 1.29 is 19.1 Å². The van der Waals surface area contributed by atoms with Gasteiger partial charge in [0.15, 0.2) is 0 Å². The lowest BCUT2D eigenvalue weighted by molar-refractivity contribution is -0.107. The monoisotopic (exact) mass is 284 g/mol. The number of carbonyl (C=O) groups is 2. The summed E-state index contributed by atoms with van der Waals surface area (Å²) in [4.78, 5) is 22.6. The zero-order chi connectivity index (χ0) is 15.1. The second kappa shape index (κ2) is 7.24. The Morgan fingerprint density at radius 2 is 1.90 bits per heavy atom. The fourth-order valence-corrected chi connectivity index (χ4v) is 1.94. The van der Waals surface area contributed by atoms with Crippen molar-refractivity contribution in [2.24, 2.45) is 0 Å². The fourth-order valence-electron chi connectivity index (χ4n) is 1.94. The largest absolute Gasteiger partial charge is 0.496 e. The van der Waals surface area contributed by atoms with E-state index in [1.54, 1.807) is 42.5 Å². The summed E-state index contributed by atoms with van der Waals surface area (Å²) in [5, 5.41) is 0. The van der Waals surface area contributed by atoms with E-state index >= 15 is 0 Å². The van der Waals surface area contributed by atoms with Gasteiger partial charge in [-0.2, -0.15) is 0 Å². The van der Waals surface area contributed by atoms with E-state index in [9.17, 15) is 9.59 Å². The summed E-state index contributed by atoms with van der Waals surface area (Å²) in [6.07, 6.45) is 1.93. The zero-order valence-electron chi connectivity index (χ0n) is 11.7. The number of methoxy groups -OCH3 is 1. The number of carbonyl (C=O) groups excluding carboxylic acids is 2. The Labute approximate surface area is 123 Å². The number of hydrogen-bond donors (Lipinski definition) is 0. The molecular weight excluding hydrogens is 268 g/mol. The summed E-state index contributed by atoms with van der Waals surface area (Å²) in [7, 11) is 1.50. The Kier molecular flexibility index (Phi) is 5.10. The third kappa shape index (κ3) is 3.92. The molecule has 0 saturated heterocycles. The van der Waals surface area contributed by atoms with Crippen LogP contribution in [0.15, 0.2) is 48.5 Å². The fraction of sp³-hybridized carbons (Fsp3) is 0.176.